The maximum atomic E-state index is 14.1. The summed E-state index contributed by atoms with van der Waals surface area (Å²) in [6.45, 7) is 2.40. The van der Waals surface area contributed by atoms with E-state index in [9.17, 15) is 18.0 Å². The number of benzene rings is 1. The normalized spacial score (nSPS) is 32.5. The van der Waals surface area contributed by atoms with Gasteiger partial charge in [-0.15, -0.1) is 0 Å². The topological polar surface area (TPSA) is 90.0 Å². The number of hydrogen-bond donors (Lipinski definition) is 1. The molecular weight excluding hydrogens is 416 g/mol. The van der Waals surface area contributed by atoms with Crippen molar-refractivity contribution in [3.63, 3.8) is 0 Å². The average molecular weight is 447 g/mol. The number of amides is 2. The summed E-state index contributed by atoms with van der Waals surface area (Å²) in [4.78, 5) is 31.6. The molecule has 1 aromatic rings. The van der Waals surface area contributed by atoms with Crippen LogP contribution in [-0.2, 0) is 25.2 Å². The number of para-hydroxylation sites is 1. The van der Waals surface area contributed by atoms with Gasteiger partial charge in [-0.3, -0.25) is 14.5 Å². The van der Waals surface area contributed by atoms with E-state index in [4.69, 9.17) is 0 Å². The summed E-state index contributed by atoms with van der Waals surface area (Å²) in [5.41, 5.74) is 0.856. The molecule has 0 saturated carbocycles. The van der Waals surface area contributed by atoms with Crippen molar-refractivity contribution in [2.24, 2.45) is 5.92 Å². The monoisotopic (exact) mass is 446 g/mol. The molecule has 1 spiro atoms. The molecule has 4 aliphatic heterocycles. The van der Waals surface area contributed by atoms with Crippen molar-refractivity contribution < 1.29 is 18.0 Å². The number of rotatable bonds is 1. The van der Waals surface area contributed by atoms with E-state index in [1.54, 1.807) is 4.90 Å². The van der Waals surface area contributed by atoms with Crippen LogP contribution in [0, 0.1) is 5.92 Å². The third-order valence-electron chi connectivity index (χ3n) is 7.48. The van der Waals surface area contributed by atoms with Gasteiger partial charge in [0.05, 0.1) is 12.2 Å². The highest BCUT2D eigenvalue weighted by atomic mass is 32.2. The average Bonchev–Trinajstić information content (AvgIpc) is 3.37. The van der Waals surface area contributed by atoms with Gasteiger partial charge in [0.15, 0.2) is 0 Å². The molecule has 3 atom stereocenters. The summed E-state index contributed by atoms with van der Waals surface area (Å²) in [5.74, 6) is -0.545. The lowest BCUT2D eigenvalue weighted by Gasteiger charge is -2.37. The van der Waals surface area contributed by atoms with Gasteiger partial charge in [0.2, 0.25) is 15.9 Å². The molecule has 1 aromatic carbocycles. The third kappa shape index (κ3) is 3.12. The van der Waals surface area contributed by atoms with Crippen LogP contribution in [0.25, 0.3) is 0 Å². The zero-order valence-corrected chi connectivity index (χ0v) is 18.7. The van der Waals surface area contributed by atoms with Crippen molar-refractivity contribution in [1.29, 1.82) is 0 Å². The van der Waals surface area contributed by atoms with Crippen LogP contribution in [0.15, 0.2) is 24.3 Å². The van der Waals surface area contributed by atoms with Crippen LogP contribution in [0.5, 0.6) is 0 Å². The van der Waals surface area contributed by atoms with E-state index < -0.39 is 21.5 Å². The zero-order valence-electron chi connectivity index (χ0n) is 17.9. The Kier molecular flexibility index (Phi) is 5.10. The maximum Gasteiger partial charge on any atom is 0.253 e. The Balaban J connectivity index is 1.59. The molecule has 0 aliphatic carbocycles. The van der Waals surface area contributed by atoms with Crippen molar-refractivity contribution in [1.82, 2.24) is 14.5 Å². The standard InChI is InChI=1S/C22H30N4O4S/c1-31(29,30)24-11-5-10-23-20(27)18-15-16-7-4-14-26(16)22(18)17-8-2-3-9-19(17)25(21(22)28)13-6-12-24/h2-3,8-9,16,18H,4-7,10-15H2,1H3,(H,23,27)/t16-,18-,22+/m0/s1. The highest BCUT2D eigenvalue weighted by molar-refractivity contribution is 7.88. The predicted octanol–water partition coefficient (Wildman–Crippen LogP) is 0.884. The quantitative estimate of drug-likeness (QED) is 0.692. The molecule has 5 rings (SSSR count). The Morgan fingerprint density at radius 1 is 1.03 bits per heavy atom. The number of hydrogen-bond acceptors (Lipinski definition) is 5. The van der Waals surface area contributed by atoms with Crippen LogP contribution in [0.2, 0.25) is 0 Å². The second-order valence-corrected chi connectivity index (χ2v) is 11.2. The third-order valence-corrected chi connectivity index (χ3v) is 8.78. The Morgan fingerprint density at radius 3 is 2.61 bits per heavy atom. The molecular formula is C22H30N4O4S. The highest BCUT2D eigenvalue weighted by Gasteiger charge is 2.66. The fraction of sp³-hybridized carbons (Fsp3) is 0.636. The smallest absolute Gasteiger partial charge is 0.253 e. The SMILES string of the molecule is CS(=O)(=O)N1CCCNC(=O)[C@@H]2C[C@@H]3CCCN3[C@@]23C(=O)N(CCC1)c1ccccc13. The molecule has 168 valence electrons. The van der Waals surface area contributed by atoms with Crippen LogP contribution in [0.3, 0.4) is 0 Å². The summed E-state index contributed by atoms with van der Waals surface area (Å²) < 4.78 is 25.8. The highest BCUT2D eigenvalue weighted by Crippen LogP contribution is 2.57. The van der Waals surface area contributed by atoms with E-state index >= 15 is 0 Å². The lowest BCUT2D eigenvalue weighted by Crippen LogP contribution is -2.56. The molecule has 4 aliphatic rings. The van der Waals surface area contributed by atoms with Crippen molar-refractivity contribution >= 4 is 27.5 Å². The van der Waals surface area contributed by atoms with Gasteiger partial charge in [0.1, 0.15) is 5.54 Å². The van der Waals surface area contributed by atoms with Gasteiger partial charge >= 0.3 is 0 Å². The first kappa shape index (κ1) is 20.9. The summed E-state index contributed by atoms with van der Waals surface area (Å²) in [5, 5.41) is 3.02. The molecule has 8 nitrogen and oxygen atoms in total. The van der Waals surface area contributed by atoms with Gasteiger partial charge in [-0.1, -0.05) is 18.2 Å². The molecule has 2 bridgehead atoms. The first-order chi connectivity index (χ1) is 14.8. The van der Waals surface area contributed by atoms with Crippen molar-refractivity contribution in [3.8, 4) is 0 Å². The minimum Gasteiger partial charge on any atom is -0.356 e. The Hall–Kier alpha value is -1.97. The number of nitrogens with one attached hydrogen (secondary N) is 1. The van der Waals surface area contributed by atoms with Crippen LogP contribution in [0.4, 0.5) is 5.69 Å². The Bertz CT molecular complexity index is 1010. The number of fused-ring (bicyclic) bond motifs is 4. The molecule has 2 amide bonds. The lowest BCUT2D eigenvalue weighted by atomic mass is 9.78. The van der Waals surface area contributed by atoms with E-state index in [-0.39, 0.29) is 17.9 Å². The van der Waals surface area contributed by atoms with Crippen LogP contribution in [-0.4, -0.2) is 74.5 Å². The van der Waals surface area contributed by atoms with Crippen LogP contribution >= 0.6 is 0 Å². The first-order valence-corrected chi connectivity index (χ1v) is 13.1. The van der Waals surface area contributed by atoms with Crippen molar-refractivity contribution in [2.45, 2.75) is 43.7 Å². The summed E-state index contributed by atoms with van der Waals surface area (Å²) in [7, 11) is -3.34. The largest absolute Gasteiger partial charge is 0.356 e. The van der Waals surface area contributed by atoms with Crippen molar-refractivity contribution in [3.05, 3.63) is 29.8 Å². The Morgan fingerprint density at radius 2 is 1.81 bits per heavy atom. The first-order valence-electron chi connectivity index (χ1n) is 11.3. The molecule has 0 unspecified atom stereocenters. The summed E-state index contributed by atoms with van der Waals surface area (Å²) in [6, 6.07) is 8.09. The number of carbonyl (C=O) groups is 2. The van der Waals surface area contributed by atoms with Gasteiger partial charge < -0.3 is 10.2 Å². The van der Waals surface area contributed by atoms with E-state index in [1.807, 2.05) is 24.3 Å². The number of sulfonamides is 1. The van der Waals surface area contributed by atoms with Gasteiger partial charge in [-0.25, -0.2) is 12.7 Å². The fourth-order valence-corrected chi connectivity index (χ4v) is 7.14. The second-order valence-electron chi connectivity index (χ2n) is 9.18. The number of nitrogens with zero attached hydrogens (tertiary/aromatic N) is 3. The minimum absolute atomic E-state index is 0.0246. The number of anilines is 1. The van der Waals surface area contributed by atoms with Crippen molar-refractivity contribution in [2.75, 3.05) is 43.9 Å². The van der Waals surface area contributed by atoms with E-state index in [1.165, 1.54) is 10.6 Å². The molecule has 31 heavy (non-hydrogen) atoms. The number of carbonyl (C=O) groups excluding carboxylic acids is 2. The molecule has 0 radical (unpaired) electrons. The van der Waals surface area contributed by atoms with E-state index in [0.29, 0.717) is 45.4 Å². The van der Waals surface area contributed by atoms with Gasteiger partial charge in [-0.05, 0) is 44.7 Å². The lowest BCUT2D eigenvalue weighted by molar-refractivity contribution is -0.138. The molecule has 3 fully saturated rings. The van der Waals surface area contributed by atoms with Gasteiger partial charge in [-0.2, -0.15) is 0 Å². The molecule has 4 heterocycles. The van der Waals surface area contributed by atoms with Gasteiger partial charge in [0, 0.05) is 43.5 Å². The van der Waals surface area contributed by atoms with E-state index in [0.717, 1.165) is 30.6 Å². The second kappa shape index (κ2) is 7.56. The maximum absolute atomic E-state index is 14.1. The Labute approximate surface area is 183 Å². The van der Waals surface area contributed by atoms with Gasteiger partial charge in [0.25, 0.3) is 5.91 Å². The summed E-state index contributed by atoms with van der Waals surface area (Å²) in [6.07, 6.45) is 5.07. The molecule has 3 saturated heterocycles. The summed E-state index contributed by atoms with van der Waals surface area (Å²) >= 11 is 0. The van der Waals surface area contributed by atoms with Crippen LogP contribution in [0.1, 0.15) is 37.7 Å². The van der Waals surface area contributed by atoms with E-state index in [2.05, 4.69) is 10.2 Å². The zero-order chi connectivity index (χ0) is 21.8. The fourth-order valence-electron chi connectivity index (χ4n) is 6.22. The minimum atomic E-state index is -3.34. The molecule has 0 aromatic heterocycles. The molecule has 9 heteroatoms. The predicted molar refractivity (Wildman–Crippen MR) is 117 cm³/mol. The molecule has 1 N–H and O–H groups in total. The van der Waals surface area contributed by atoms with Crippen LogP contribution < -0.4 is 10.2 Å².